The van der Waals surface area contributed by atoms with Gasteiger partial charge in [-0.05, 0) is 33.6 Å². The van der Waals surface area contributed by atoms with Crippen LogP contribution in [-0.2, 0) is 6.54 Å². The van der Waals surface area contributed by atoms with Gasteiger partial charge in [0.1, 0.15) is 5.75 Å². The fourth-order valence-corrected chi connectivity index (χ4v) is 1.62. The zero-order chi connectivity index (χ0) is 9.68. The normalized spacial score (nSPS) is 10.1. The van der Waals surface area contributed by atoms with Crippen molar-refractivity contribution in [1.29, 1.82) is 0 Å². The van der Waals surface area contributed by atoms with Gasteiger partial charge in [0.25, 0.3) is 0 Å². The Morgan fingerprint density at radius 3 is 2.85 bits per heavy atom. The molecule has 0 fully saturated rings. The van der Waals surface area contributed by atoms with E-state index in [4.69, 9.17) is 10.5 Å². The second-order valence-corrected chi connectivity index (χ2v) is 3.45. The van der Waals surface area contributed by atoms with Gasteiger partial charge in [-0.15, -0.1) is 0 Å². The SMILES string of the molecule is COc1ccc(CNCN)cc1Br. The van der Waals surface area contributed by atoms with Crippen molar-refractivity contribution in [2.75, 3.05) is 13.8 Å². The molecule has 0 atom stereocenters. The molecule has 3 nitrogen and oxygen atoms in total. The maximum Gasteiger partial charge on any atom is 0.133 e. The van der Waals surface area contributed by atoms with Gasteiger partial charge in [0.15, 0.2) is 0 Å². The molecule has 1 aromatic rings. The van der Waals surface area contributed by atoms with Gasteiger partial charge in [0.2, 0.25) is 0 Å². The van der Waals surface area contributed by atoms with Gasteiger partial charge in [-0.3, -0.25) is 0 Å². The summed E-state index contributed by atoms with van der Waals surface area (Å²) in [7, 11) is 1.65. The van der Waals surface area contributed by atoms with Crippen LogP contribution < -0.4 is 15.8 Å². The molecule has 0 aliphatic rings. The molecule has 0 unspecified atom stereocenters. The van der Waals surface area contributed by atoms with Gasteiger partial charge < -0.3 is 15.8 Å². The Hall–Kier alpha value is -0.580. The number of nitrogens with one attached hydrogen (secondary N) is 1. The van der Waals surface area contributed by atoms with Crippen molar-refractivity contribution in [3.63, 3.8) is 0 Å². The zero-order valence-corrected chi connectivity index (χ0v) is 9.10. The third-order valence-electron chi connectivity index (χ3n) is 1.69. The minimum atomic E-state index is 0.490. The Kier molecular flexibility index (Phi) is 4.21. The third kappa shape index (κ3) is 2.99. The second-order valence-electron chi connectivity index (χ2n) is 2.60. The van der Waals surface area contributed by atoms with Crippen LogP contribution in [0.4, 0.5) is 0 Å². The number of hydrogen-bond donors (Lipinski definition) is 2. The topological polar surface area (TPSA) is 47.3 Å². The molecule has 4 heteroatoms. The van der Waals surface area contributed by atoms with E-state index >= 15 is 0 Å². The molecule has 0 heterocycles. The lowest BCUT2D eigenvalue weighted by atomic mass is 10.2. The van der Waals surface area contributed by atoms with Crippen molar-refractivity contribution in [1.82, 2.24) is 5.32 Å². The van der Waals surface area contributed by atoms with Crippen molar-refractivity contribution >= 4 is 15.9 Å². The van der Waals surface area contributed by atoms with E-state index < -0.39 is 0 Å². The summed E-state index contributed by atoms with van der Waals surface area (Å²) in [6.45, 7) is 1.27. The first kappa shape index (κ1) is 10.5. The van der Waals surface area contributed by atoms with Crippen molar-refractivity contribution in [2.45, 2.75) is 6.54 Å². The van der Waals surface area contributed by atoms with E-state index in [1.54, 1.807) is 7.11 Å². The van der Waals surface area contributed by atoms with E-state index in [0.29, 0.717) is 6.67 Å². The molecule has 0 spiro atoms. The van der Waals surface area contributed by atoms with Crippen LogP contribution in [0.3, 0.4) is 0 Å². The fourth-order valence-electron chi connectivity index (χ4n) is 1.04. The van der Waals surface area contributed by atoms with E-state index in [1.165, 1.54) is 5.56 Å². The van der Waals surface area contributed by atoms with Crippen LogP contribution in [-0.4, -0.2) is 13.8 Å². The molecule has 0 aromatic heterocycles. The van der Waals surface area contributed by atoms with E-state index in [0.717, 1.165) is 16.8 Å². The van der Waals surface area contributed by atoms with Crippen LogP contribution in [0, 0.1) is 0 Å². The average Bonchev–Trinajstić information content (AvgIpc) is 2.15. The molecule has 3 N–H and O–H groups in total. The van der Waals surface area contributed by atoms with Crippen LogP contribution in [0.1, 0.15) is 5.56 Å². The van der Waals surface area contributed by atoms with Gasteiger partial charge >= 0.3 is 0 Å². The lowest BCUT2D eigenvalue weighted by Gasteiger charge is -2.06. The number of nitrogens with two attached hydrogens (primary N) is 1. The molecule has 0 bridgehead atoms. The molecule has 72 valence electrons. The van der Waals surface area contributed by atoms with Crippen molar-refractivity contribution in [2.24, 2.45) is 5.73 Å². The van der Waals surface area contributed by atoms with Gasteiger partial charge in [0.05, 0.1) is 11.6 Å². The van der Waals surface area contributed by atoms with Crippen LogP contribution >= 0.6 is 15.9 Å². The Morgan fingerprint density at radius 2 is 2.31 bits per heavy atom. The van der Waals surface area contributed by atoms with Gasteiger partial charge in [-0.25, -0.2) is 0 Å². The lowest BCUT2D eigenvalue weighted by Crippen LogP contribution is -2.21. The highest BCUT2D eigenvalue weighted by molar-refractivity contribution is 9.10. The number of rotatable bonds is 4. The predicted molar refractivity (Wildman–Crippen MR) is 56.6 cm³/mol. The molecule has 0 aliphatic carbocycles. The molecule has 0 aliphatic heterocycles. The molecule has 0 saturated heterocycles. The van der Waals surface area contributed by atoms with Crippen molar-refractivity contribution in [3.05, 3.63) is 28.2 Å². The van der Waals surface area contributed by atoms with Crippen molar-refractivity contribution in [3.8, 4) is 5.75 Å². The predicted octanol–water partition coefficient (Wildman–Crippen LogP) is 1.46. The molecule has 0 radical (unpaired) electrons. The first-order valence-electron chi connectivity index (χ1n) is 4.01. The van der Waals surface area contributed by atoms with Crippen LogP contribution in [0.5, 0.6) is 5.75 Å². The smallest absolute Gasteiger partial charge is 0.133 e. The van der Waals surface area contributed by atoms with Gasteiger partial charge in [0, 0.05) is 13.2 Å². The quantitative estimate of drug-likeness (QED) is 0.789. The van der Waals surface area contributed by atoms with Gasteiger partial charge in [-0.1, -0.05) is 6.07 Å². The Morgan fingerprint density at radius 1 is 1.54 bits per heavy atom. The first-order valence-corrected chi connectivity index (χ1v) is 4.80. The summed E-state index contributed by atoms with van der Waals surface area (Å²) in [4.78, 5) is 0. The molecule has 13 heavy (non-hydrogen) atoms. The van der Waals surface area contributed by atoms with E-state index in [-0.39, 0.29) is 0 Å². The van der Waals surface area contributed by atoms with Crippen LogP contribution in [0.25, 0.3) is 0 Å². The van der Waals surface area contributed by atoms with Crippen LogP contribution in [0.15, 0.2) is 22.7 Å². The highest BCUT2D eigenvalue weighted by Gasteiger charge is 2.00. The number of ether oxygens (including phenoxy) is 1. The summed E-state index contributed by atoms with van der Waals surface area (Å²) >= 11 is 3.42. The number of methoxy groups -OCH3 is 1. The highest BCUT2D eigenvalue weighted by Crippen LogP contribution is 2.25. The van der Waals surface area contributed by atoms with Gasteiger partial charge in [-0.2, -0.15) is 0 Å². The zero-order valence-electron chi connectivity index (χ0n) is 7.51. The Labute approximate surface area is 86.4 Å². The van der Waals surface area contributed by atoms with E-state index in [2.05, 4.69) is 21.2 Å². The van der Waals surface area contributed by atoms with E-state index in [1.807, 2.05) is 18.2 Å². The summed E-state index contributed by atoms with van der Waals surface area (Å²) in [5.41, 5.74) is 6.50. The standard InChI is InChI=1S/C9H13BrN2O/c1-13-9-3-2-7(4-8(9)10)5-12-6-11/h2-4,12H,5-6,11H2,1H3. The van der Waals surface area contributed by atoms with E-state index in [9.17, 15) is 0 Å². The molecule has 1 aromatic carbocycles. The molecular weight excluding hydrogens is 232 g/mol. The summed E-state index contributed by atoms with van der Waals surface area (Å²) in [5, 5.41) is 3.05. The second kappa shape index (κ2) is 5.21. The Balaban J connectivity index is 2.71. The lowest BCUT2D eigenvalue weighted by molar-refractivity contribution is 0.412. The molecule has 0 amide bonds. The largest absolute Gasteiger partial charge is 0.496 e. The molecule has 1 rings (SSSR count). The number of benzene rings is 1. The first-order chi connectivity index (χ1) is 6.27. The maximum absolute atomic E-state index is 5.32. The molecule has 0 saturated carbocycles. The summed E-state index contributed by atoms with van der Waals surface area (Å²) in [6.07, 6.45) is 0. The summed E-state index contributed by atoms with van der Waals surface area (Å²) < 4.78 is 6.08. The highest BCUT2D eigenvalue weighted by atomic mass is 79.9. The number of halogens is 1. The van der Waals surface area contributed by atoms with Crippen LogP contribution in [0.2, 0.25) is 0 Å². The number of hydrogen-bond acceptors (Lipinski definition) is 3. The third-order valence-corrected chi connectivity index (χ3v) is 2.31. The average molecular weight is 245 g/mol. The minimum Gasteiger partial charge on any atom is -0.496 e. The fraction of sp³-hybridized carbons (Fsp3) is 0.333. The molecular formula is C9H13BrN2O. The maximum atomic E-state index is 5.32. The Bertz CT molecular complexity index is 278. The summed E-state index contributed by atoms with van der Waals surface area (Å²) in [6, 6.07) is 5.95. The van der Waals surface area contributed by atoms with Crippen molar-refractivity contribution < 1.29 is 4.74 Å². The monoisotopic (exact) mass is 244 g/mol. The summed E-state index contributed by atoms with van der Waals surface area (Å²) in [5.74, 6) is 0.844. The minimum absolute atomic E-state index is 0.490.